The Morgan fingerprint density at radius 3 is 2.36 bits per heavy atom. The Morgan fingerprint density at radius 2 is 1.86 bits per heavy atom. The van der Waals surface area contributed by atoms with Gasteiger partial charge in [-0.1, -0.05) is 15.9 Å². The van der Waals surface area contributed by atoms with Crippen LogP contribution in [-0.2, 0) is 9.84 Å². The van der Waals surface area contributed by atoms with E-state index in [0.717, 1.165) is 11.0 Å². The molecular weight excluding hydrogens is 481 g/mol. The van der Waals surface area contributed by atoms with Gasteiger partial charge in [-0.15, -0.1) is 24.0 Å². The largest absolute Gasteiger partial charge is 0.357 e. The highest BCUT2D eigenvalue weighted by Crippen LogP contribution is 2.15. The molecule has 0 amide bonds. The van der Waals surface area contributed by atoms with E-state index in [-0.39, 0.29) is 42.3 Å². The molecule has 0 saturated heterocycles. The Labute approximate surface area is 158 Å². The van der Waals surface area contributed by atoms with Gasteiger partial charge in [0, 0.05) is 17.1 Å². The molecule has 1 rings (SSSR count). The molecule has 0 aliphatic heterocycles. The summed E-state index contributed by atoms with van der Waals surface area (Å²) in [6.07, 6.45) is 0. The minimum atomic E-state index is -3.30. The number of hydrogen-bond acceptors (Lipinski definition) is 3. The van der Waals surface area contributed by atoms with Crippen LogP contribution in [0, 0.1) is 0 Å². The Balaban J connectivity index is 0.00000441. The molecule has 0 fully saturated rings. The van der Waals surface area contributed by atoms with Crippen LogP contribution in [0.1, 0.15) is 20.8 Å². The predicted molar refractivity (Wildman–Crippen MR) is 106 cm³/mol. The Kier molecular flexibility index (Phi) is 10.3. The number of nitrogens with one attached hydrogen (secondary N) is 2. The zero-order chi connectivity index (χ0) is 15.9. The van der Waals surface area contributed by atoms with E-state index in [2.05, 4.69) is 31.6 Å². The minimum Gasteiger partial charge on any atom is -0.357 e. The number of guanidine groups is 1. The number of hydrogen-bond donors (Lipinski definition) is 2. The van der Waals surface area contributed by atoms with Crippen LogP contribution in [0.25, 0.3) is 0 Å². The summed E-state index contributed by atoms with van der Waals surface area (Å²) in [7, 11) is -3.30. The van der Waals surface area contributed by atoms with Crippen molar-refractivity contribution < 1.29 is 8.42 Å². The normalized spacial score (nSPS) is 12.0. The molecule has 22 heavy (non-hydrogen) atoms. The molecule has 2 N–H and O–H groups in total. The molecular formula is C14H23BrIN3O2S. The third-order valence-corrected chi connectivity index (χ3v) is 4.81. The zero-order valence-electron chi connectivity index (χ0n) is 13.0. The molecule has 0 unspecified atom stereocenters. The fourth-order valence-electron chi connectivity index (χ4n) is 1.63. The molecule has 0 aliphatic rings. The maximum atomic E-state index is 12.2. The van der Waals surface area contributed by atoms with E-state index in [1.165, 1.54) is 0 Å². The van der Waals surface area contributed by atoms with Crippen molar-refractivity contribution in [2.75, 3.05) is 18.8 Å². The van der Waals surface area contributed by atoms with Gasteiger partial charge in [-0.05, 0) is 45.0 Å². The molecule has 1 aromatic carbocycles. The summed E-state index contributed by atoms with van der Waals surface area (Å²) in [5.41, 5.74) is 0. The van der Waals surface area contributed by atoms with Gasteiger partial charge >= 0.3 is 0 Å². The zero-order valence-corrected chi connectivity index (χ0v) is 17.7. The number of halogens is 2. The van der Waals surface area contributed by atoms with Gasteiger partial charge in [0.25, 0.3) is 0 Å². The van der Waals surface area contributed by atoms with Crippen LogP contribution in [0.5, 0.6) is 0 Å². The number of rotatable bonds is 6. The highest BCUT2D eigenvalue weighted by Gasteiger charge is 2.13. The summed E-state index contributed by atoms with van der Waals surface area (Å²) in [5.74, 6) is 0.627. The second-order valence-corrected chi connectivity index (χ2v) is 7.86. The van der Waals surface area contributed by atoms with Gasteiger partial charge < -0.3 is 10.6 Å². The molecule has 1 aromatic rings. The van der Waals surface area contributed by atoms with Gasteiger partial charge in [0.15, 0.2) is 15.8 Å². The summed E-state index contributed by atoms with van der Waals surface area (Å²) < 4.78 is 25.2. The molecule has 0 heterocycles. The molecule has 0 bridgehead atoms. The average molecular weight is 504 g/mol. The number of aliphatic imine (C=N–C) groups is 1. The highest BCUT2D eigenvalue weighted by atomic mass is 127. The Hall–Kier alpha value is -0.350. The van der Waals surface area contributed by atoms with Crippen LogP contribution in [0.15, 0.2) is 38.6 Å². The van der Waals surface area contributed by atoms with Gasteiger partial charge in [-0.2, -0.15) is 0 Å². The van der Waals surface area contributed by atoms with Crippen molar-refractivity contribution in [2.45, 2.75) is 31.7 Å². The predicted octanol–water partition coefficient (Wildman–Crippen LogP) is 2.80. The van der Waals surface area contributed by atoms with E-state index < -0.39 is 9.84 Å². The summed E-state index contributed by atoms with van der Waals surface area (Å²) in [6, 6.07) is 6.88. The Morgan fingerprint density at radius 1 is 1.27 bits per heavy atom. The molecule has 0 saturated carbocycles. The van der Waals surface area contributed by atoms with Gasteiger partial charge in [0.05, 0.1) is 17.2 Å². The number of nitrogens with zero attached hydrogens (tertiary/aromatic N) is 1. The second-order valence-electron chi connectivity index (χ2n) is 4.83. The maximum absolute atomic E-state index is 12.2. The first-order valence-corrected chi connectivity index (χ1v) is 9.33. The molecule has 0 radical (unpaired) electrons. The van der Waals surface area contributed by atoms with Gasteiger partial charge in [0.2, 0.25) is 0 Å². The average Bonchev–Trinajstić information content (AvgIpc) is 2.38. The van der Waals surface area contributed by atoms with E-state index >= 15 is 0 Å². The highest BCUT2D eigenvalue weighted by molar-refractivity contribution is 14.0. The maximum Gasteiger partial charge on any atom is 0.191 e. The summed E-state index contributed by atoms with van der Waals surface area (Å²) in [5, 5.41) is 6.24. The molecule has 0 aliphatic carbocycles. The van der Waals surface area contributed by atoms with Crippen LogP contribution >= 0.6 is 39.9 Å². The second kappa shape index (κ2) is 10.4. The molecule has 0 spiro atoms. The molecule has 0 aromatic heterocycles. The lowest BCUT2D eigenvalue weighted by molar-refractivity contribution is 0.595. The standard InChI is InChI=1S/C14H22BrN3O2S.HI/c1-4-16-14(18-11(2)3)17-9-10-21(19,20)13-7-5-12(15)6-8-13;/h5-8,11H,4,9-10H2,1-3H3,(H2,16,17,18);1H. The number of benzene rings is 1. The third-order valence-electron chi connectivity index (χ3n) is 2.57. The van der Waals surface area contributed by atoms with Crippen LogP contribution in [-0.4, -0.2) is 39.3 Å². The van der Waals surface area contributed by atoms with E-state index in [1.807, 2.05) is 20.8 Å². The van der Waals surface area contributed by atoms with Crippen LogP contribution in [0.4, 0.5) is 0 Å². The van der Waals surface area contributed by atoms with Crippen LogP contribution in [0.3, 0.4) is 0 Å². The molecule has 126 valence electrons. The fourth-order valence-corrected chi connectivity index (χ4v) is 3.01. The van der Waals surface area contributed by atoms with Crippen molar-refractivity contribution in [3.63, 3.8) is 0 Å². The van der Waals surface area contributed by atoms with Crippen molar-refractivity contribution in [1.29, 1.82) is 0 Å². The van der Waals surface area contributed by atoms with Gasteiger partial charge in [-0.3, -0.25) is 4.99 Å². The SMILES string of the molecule is CCNC(=NCCS(=O)(=O)c1ccc(Br)cc1)NC(C)C.I. The topological polar surface area (TPSA) is 70.6 Å². The Bertz CT molecular complexity index is 574. The van der Waals surface area contributed by atoms with E-state index in [9.17, 15) is 8.42 Å². The molecule has 5 nitrogen and oxygen atoms in total. The monoisotopic (exact) mass is 503 g/mol. The van der Waals surface area contributed by atoms with Crippen LogP contribution in [0.2, 0.25) is 0 Å². The quantitative estimate of drug-likeness (QED) is 0.356. The van der Waals surface area contributed by atoms with Crippen molar-refractivity contribution >= 4 is 55.7 Å². The first-order valence-electron chi connectivity index (χ1n) is 6.88. The van der Waals surface area contributed by atoms with Crippen molar-refractivity contribution in [1.82, 2.24) is 10.6 Å². The van der Waals surface area contributed by atoms with E-state index in [4.69, 9.17) is 0 Å². The third kappa shape index (κ3) is 7.77. The van der Waals surface area contributed by atoms with Crippen molar-refractivity contribution in [3.8, 4) is 0 Å². The number of sulfone groups is 1. The van der Waals surface area contributed by atoms with Crippen molar-refractivity contribution in [3.05, 3.63) is 28.7 Å². The fraction of sp³-hybridized carbons (Fsp3) is 0.500. The molecule has 8 heteroatoms. The van der Waals surface area contributed by atoms with E-state index in [1.54, 1.807) is 24.3 Å². The van der Waals surface area contributed by atoms with Crippen molar-refractivity contribution in [2.24, 2.45) is 4.99 Å². The summed E-state index contributed by atoms with van der Waals surface area (Å²) in [6.45, 7) is 6.94. The van der Waals surface area contributed by atoms with Gasteiger partial charge in [-0.25, -0.2) is 8.42 Å². The lowest BCUT2D eigenvalue weighted by Crippen LogP contribution is -2.41. The summed E-state index contributed by atoms with van der Waals surface area (Å²) in [4.78, 5) is 4.61. The summed E-state index contributed by atoms with van der Waals surface area (Å²) >= 11 is 3.29. The van der Waals surface area contributed by atoms with E-state index in [0.29, 0.717) is 10.9 Å². The van der Waals surface area contributed by atoms with Crippen LogP contribution < -0.4 is 10.6 Å². The lowest BCUT2D eigenvalue weighted by Gasteiger charge is -2.13. The van der Waals surface area contributed by atoms with Gasteiger partial charge in [0.1, 0.15) is 0 Å². The molecule has 0 atom stereocenters. The first-order chi connectivity index (χ1) is 9.85. The minimum absolute atomic E-state index is 0. The lowest BCUT2D eigenvalue weighted by atomic mass is 10.4. The smallest absolute Gasteiger partial charge is 0.191 e. The first kappa shape index (κ1) is 21.6.